The molecule has 0 aromatic heterocycles. The van der Waals surface area contributed by atoms with Gasteiger partial charge in [-0.1, -0.05) is 34.1 Å². The van der Waals surface area contributed by atoms with Crippen molar-refractivity contribution in [2.45, 2.75) is 71.5 Å². The van der Waals surface area contributed by atoms with E-state index in [0.717, 1.165) is 6.42 Å². The molecule has 8 N–H and O–H groups in total. The van der Waals surface area contributed by atoms with Crippen LogP contribution in [0.4, 0.5) is 0 Å². The quantitative estimate of drug-likeness (QED) is 0.126. The molecule has 0 aromatic carbocycles. The van der Waals surface area contributed by atoms with Crippen molar-refractivity contribution < 1.29 is 14.4 Å². The van der Waals surface area contributed by atoms with Gasteiger partial charge in [0.1, 0.15) is 12.3 Å². The van der Waals surface area contributed by atoms with E-state index in [4.69, 9.17) is 17.2 Å². The number of rotatable bonds is 13. The van der Waals surface area contributed by atoms with Gasteiger partial charge in [-0.15, -0.1) is 0 Å². The Balaban J connectivity index is 4.86. The third-order valence-electron chi connectivity index (χ3n) is 4.36. The number of aldehydes is 1. The van der Waals surface area contributed by atoms with E-state index in [1.807, 2.05) is 27.7 Å². The topological polar surface area (TPSA) is 166 Å². The monoisotopic (exact) mass is 384 g/mol. The van der Waals surface area contributed by atoms with E-state index in [0.29, 0.717) is 32.1 Å². The van der Waals surface area contributed by atoms with E-state index >= 15 is 0 Å². The minimum absolute atomic E-state index is 0.00558. The Hall–Kier alpha value is -2.16. The Morgan fingerprint density at radius 2 is 1.74 bits per heavy atom. The van der Waals surface area contributed by atoms with Crippen LogP contribution in [0.1, 0.15) is 53.4 Å². The van der Waals surface area contributed by atoms with Gasteiger partial charge in [0.2, 0.25) is 11.8 Å². The maximum Gasteiger partial charge on any atom is 0.243 e. The number of amides is 2. The normalized spacial score (nSPS) is 15.3. The highest BCUT2D eigenvalue weighted by Crippen LogP contribution is 2.09. The number of carbonyl (C=O) groups is 3. The summed E-state index contributed by atoms with van der Waals surface area (Å²) in [4.78, 5) is 40.0. The third-order valence-corrected chi connectivity index (χ3v) is 4.36. The van der Waals surface area contributed by atoms with Gasteiger partial charge >= 0.3 is 0 Å². The lowest BCUT2D eigenvalue weighted by atomic mass is 9.97. The Labute approximate surface area is 161 Å². The van der Waals surface area contributed by atoms with Crippen molar-refractivity contribution in [2.75, 3.05) is 6.54 Å². The lowest BCUT2D eigenvalue weighted by molar-refractivity contribution is -0.131. The largest absolute Gasteiger partial charge is 0.370 e. The van der Waals surface area contributed by atoms with Gasteiger partial charge < -0.3 is 32.6 Å². The van der Waals surface area contributed by atoms with Crippen LogP contribution in [0.25, 0.3) is 0 Å². The zero-order valence-electron chi connectivity index (χ0n) is 16.9. The summed E-state index contributed by atoms with van der Waals surface area (Å²) in [5, 5.41) is 5.40. The van der Waals surface area contributed by atoms with E-state index in [1.54, 1.807) is 0 Å². The van der Waals surface area contributed by atoms with Crippen molar-refractivity contribution in [1.82, 2.24) is 10.6 Å². The number of guanidine groups is 1. The van der Waals surface area contributed by atoms with Crippen LogP contribution >= 0.6 is 0 Å². The molecule has 0 aliphatic rings. The van der Waals surface area contributed by atoms with Crippen molar-refractivity contribution in [1.29, 1.82) is 0 Å². The van der Waals surface area contributed by atoms with Crippen LogP contribution in [0.2, 0.25) is 0 Å². The highest BCUT2D eigenvalue weighted by molar-refractivity contribution is 5.90. The molecule has 0 fully saturated rings. The zero-order chi connectivity index (χ0) is 21.0. The first-order chi connectivity index (χ1) is 12.6. The molecule has 0 heterocycles. The van der Waals surface area contributed by atoms with Crippen LogP contribution in [0.5, 0.6) is 0 Å². The molecule has 0 aliphatic carbocycles. The van der Waals surface area contributed by atoms with Crippen molar-refractivity contribution in [3.63, 3.8) is 0 Å². The fourth-order valence-electron chi connectivity index (χ4n) is 2.46. The summed E-state index contributed by atoms with van der Waals surface area (Å²) in [5.41, 5.74) is 16.4. The zero-order valence-corrected chi connectivity index (χ0v) is 16.9. The lowest BCUT2D eigenvalue weighted by Gasteiger charge is -2.25. The fourth-order valence-corrected chi connectivity index (χ4v) is 2.46. The Kier molecular flexibility index (Phi) is 12.0. The third kappa shape index (κ3) is 10.5. The van der Waals surface area contributed by atoms with Crippen LogP contribution in [0, 0.1) is 11.8 Å². The number of carbonyl (C=O) groups excluding carboxylic acids is 3. The molecule has 0 aromatic rings. The maximum atomic E-state index is 12.6. The molecule has 0 radical (unpaired) electrons. The van der Waals surface area contributed by atoms with E-state index in [9.17, 15) is 14.4 Å². The van der Waals surface area contributed by atoms with Crippen molar-refractivity contribution in [3.8, 4) is 0 Å². The Morgan fingerprint density at radius 3 is 2.22 bits per heavy atom. The summed E-state index contributed by atoms with van der Waals surface area (Å²) < 4.78 is 0. The van der Waals surface area contributed by atoms with Crippen LogP contribution in [-0.2, 0) is 14.4 Å². The van der Waals surface area contributed by atoms with Crippen molar-refractivity contribution in [3.05, 3.63) is 0 Å². The summed E-state index contributed by atoms with van der Waals surface area (Å²) in [7, 11) is 0. The standard InChI is InChI=1S/C18H36N6O3/c1-5-12(4)15(19)17(27)24-14(9-11(2)3)16(26)23-13(10-25)7-6-8-22-18(20)21/h10-15H,5-9,19H2,1-4H3,(H,23,26)(H,24,27)(H4,20,21,22). The van der Waals surface area contributed by atoms with Gasteiger partial charge in [-0.25, -0.2) is 0 Å². The highest BCUT2D eigenvalue weighted by atomic mass is 16.2. The summed E-state index contributed by atoms with van der Waals surface area (Å²) in [6.07, 6.45) is 2.83. The van der Waals surface area contributed by atoms with Crippen LogP contribution < -0.4 is 27.8 Å². The molecule has 4 atom stereocenters. The van der Waals surface area contributed by atoms with E-state index < -0.39 is 24.0 Å². The molecule has 27 heavy (non-hydrogen) atoms. The maximum absolute atomic E-state index is 12.6. The number of nitrogens with one attached hydrogen (secondary N) is 2. The van der Waals surface area contributed by atoms with E-state index in [-0.39, 0.29) is 23.7 Å². The van der Waals surface area contributed by atoms with Gasteiger partial charge in [-0.05, 0) is 31.1 Å². The molecule has 2 amide bonds. The van der Waals surface area contributed by atoms with Gasteiger partial charge in [-0.2, -0.15) is 0 Å². The molecular formula is C18H36N6O3. The molecule has 9 nitrogen and oxygen atoms in total. The van der Waals surface area contributed by atoms with Crippen molar-refractivity contribution >= 4 is 24.1 Å². The molecular weight excluding hydrogens is 348 g/mol. The van der Waals surface area contributed by atoms with E-state index in [1.165, 1.54) is 0 Å². The first kappa shape index (κ1) is 24.8. The van der Waals surface area contributed by atoms with Gasteiger partial charge in [-0.3, -0.25) is 14.6 Å². The first-order valence-electron chi connectivity index (χ1n) is 9.49. The van der Waals surface area contributed by atoms with E-state index in [2.05, 4.69) is 15.6 Å². The average Bonchev–Trinajstić information content (AvgIpc) is 2.61. The molecule has 0 saturated carbocycles. The van der Waals surface area contributed by atoms with Gasteiger partial charge in [0, 0.05) is 6.54 Å². The lowest BCUT2D eigenvalue weighted by Crippen LogP contribution is -2.55. The molecule has 4 unspecified atom stereocenters. The van der Waals surface area contributed by atoms with Gasteiger partial charge in [0.25, 0.3) is 0 Å². The molecule has 156 valence electrons. The van der Waals surface area contributed by atoms with Gasteiger partial charge in [0.05, 0.1) is 12.1 Å². The minimum Gasteiger partial charge on any atom is -0.370 e. The summed E-state index contributed by atoms with van der Waals surface area (Å²) >= 11 is 0. The molecule has 0 rings (SSSR count). The predicted molar refractivity (Wildman–Crippen MR) is 107 cm³/mol. The van der Waals surface area contributed by atoms with Crippen molar-refractivity contribution in [2.24, 2.45) is 34.0 Å². The van der Waals surface area contributed by atoms with Gasteiger partial charge in [0.15, 0.2) is 5.96 Å². The number of aliphatic imine (C=N–C) groups is 1. The minimum atomic E-state index is -0.743. The molecule has 9 heteroatoms. The second-order valence-corrected chi connectivity index (χ2v) is 7.30. The molecule has 0 bridgehead atoms. The smallest absolute Gasteiger partial charge is 0.243 e. The summed E-state index contributed by atoms with van der Waals surface area (Å²) in [5.74, 6) is -0.588. The summed E-state index contributed by atoms with van der Waals surface area (Å²) in [6, 6.07) is -2.09. The second kappa shape index (κ2) is 13.1. The molecule has 0 aliphatic heterocycles. The Bertz CT molecular complexity index is 505. The number of hydrogen-bond acceptors (Lipinski definition) is 5. The van der Waals surface area contributed by atoms with Crippen LogP contribution in [-0.4, -0.2) is 48.7 Å². The highest BCUT2D eigenvalue weighted by Gasteiger charge is 2.27. The average molecular weight is 385 g/mol. The van der Waals surface area contributed by atoms with Crippen LogP contribution in [0.15, 0.2) is 4.99 Å². The predicted octanol–water partition coefficient (Wildman–Crippen LogP) is -0.372. The van der Waals surface area contributed by atoms with Crippen LogP contribution in [0.3, 0.4) is 0 Å². The number of nitrogens with two attached hydrogens (primary N) is 3. The molecule has 0 spiro atoms. The number of nitrogens with zero attached hydrogens (tertiary/aromatic N) is 1. The Morgan fingerprint density at radius 1 is 1.11 bits per heavy atom. The SMILES string of the molecule is CCC(C)C(N)C(=O)NC(CC(C)C)C(=O)NC(C=O)CCCN=C(N)N. The number of hydrogen-bond donors (Lipinski definition) is 5. The fraction of sp³-hybridized carbons (Fsp3) is 0.778. The summed E-state index contributed by atoms with van der Waals surface area (Å²) in [6.45, 7) is 8.12. The second-order valence-electron chi connectivity index (χ2n) is 7.30. The first-order valence-corrected chi connectivity index (χ1v) is 9.49. The molecule has 0 saturated heterocycles.